The number of rotatable bonds is 5. The fraction of sp³-hybridized carbons (Fsp3) is 0.591. The summed E-state index contributed by atoms with van der Waals surface area (Å²) in [5.41, 5.74) is 2.27. The SMILES string of the molecule is Cc1cccc(-c2n[nH]c(=S)n2CCC(=O)NC23CC4CC(CC(C4)C2)C3)c1. The quantitative estimate of drug-likeness (QED) is 0.737. The lowest BCUT2D eigenvalue weighted by Gasteiger charge is -2.56. The molecule has 0 radical (unpaired) electrons. The molecule has 0 atom stereocenters. The molecule has 4 aliphatic carbocycles. The van der Waals surface area contributed by atoms with Gasteiger partial charge in [-0.05, 0) is 81.5 Å². The Balaban J connectivity index is 1.28. The minimum Gasteiger partial charge on any atom is -0.351 e. The zero-order chi connectivity index (χ0) is 19.3. The maximum absolute atomic E-state index is 12.8. The molecule has 0 unspecified atom stereocenters. The molecule has 1 heterocycles. The predicted molar refractivity (Wildman–Crippen MR) is 111 cm³/mol. The largest absolute Gasteiger partial charge is 0.351 e. The van der Waals surface area contributed by atoms with E-state index in [2.05, 4.69) is 34.6 Å². The van der Waals surface area contributed by atoms with Crippen LogP contribution in [0.1, 0.15) is 50.5 Å². The first-order valence-corrected chi connectivity index (χ1v) is 10.9. The highest BCUT2D eigenvalue weighted by molar-refractivity contribution is 7.71. The fourth-order valence-corrected chi connectivity index (χ4v) is 6.59. The number of hydrogen-bond acceptors (Lipinski definition) is 3. The van der Waals surface area contributed by atoms with Crippen molar-refractivity contribution in [3.05, 3.63) is 34.6 Å². The Morgan fingerprint density at radius 3 is 2.57 bits per heavy atom. The molecule has 148 valence electrons. The van der Waals surface area contributed by atoms with Gasteiger partial charge in [0.1, 0.15) is 0 Å². The normalized spacial score (nSPS) is 30.5. The molecule has 6 heteroatoms. The van der Waals surface area contributed by atoms with E-state index in [1.807, 2.05) is 16.7 Å². The van der Waals surface area contributed by atoms with E-state index in [9.17, 15) is 4.79 Å². The number of benzene rings is 1. The van der Waals surface area contributed by atoms with Gasteiger partial charge in [0.2, 0.25) is 5.91 Å². The van der Waals surface area contributed by atoms with Crippen LogP contribution in [0, 0.1) is 29.4 Å². The van der Waals surface area contributed by atoms with Gasteiger partial charge in [-0.1, -0.05) is 23.8 Å². The number of aromatic amines is 1. The maximum Gasteiger partial charge on any atom is 0.222 e. The summed E-state index contributed by atoms with van der Waals surface area (Å²) in [6.45, 7) is 2.62. The highest BCUT2D eigenvalue weighted by Crippen LogP contribution is 2.55. The van der Waals surface area contributed by atoms with E-state index in [1.54, 1.807) is 0 Å². The van der Waals surface area contributed by atoms with Gasteiger partial charge in [0, 0.05) is 24.1 Å². The fourth-order valence-electron chi connectivity index (χ4n) is 6.36. The zero-order valence-electron chi connectivity index (χ0n) is 16.4. The summed E-state index contributed by atoms with van der Waals surface area (Å²) in [5, 5.41) is 10.7. The average molecular weight is 397 g/mol. The Kier molecular flexibility index (Phi) is 4.42. The van der Waals surface area contributed by atoms with Crippen LogP contribution < -0.4 is 5.32 Å². The zero-order valence-corrected chi connectivity index (χ0v) is 17.2. The van der Waals surface area contributed by atoms with Crippen molar-refractivity contribution in [1.82, 2.24) is 20.1 Å². The number of carbonyl (C=O) groups excluding carboxylic acids is 1. The molecule has 2 N–H and O–H groups in total. The van der Waals surface area contributed by atoms with Crippen molar-refractivity contribution in [1.29, 1.82) is 0 Å². The number of aromatic nitrogens is 3. The molecule has 1 amide bonds. The van der Waals surface area contributed by atoms with Crippen LogP contribution in [-0.4, -0.2) is 26.2 Å². The van der Waals surface area contributed by atoms with Crippen molar-refractivity contribution in [2.45, 2.75) is 64.0 Å². The summed E-state index contributed by atoms with van der Waals surface area (Å²) in [7, 11) is 0. The molecule has 4 bridgehead atoms. The van der Waals surface area contributed by atoms with Gasteiger partial charge in [0.15, 0.2) is 10.6 Å². The third-order valence-corrected chi connectivity index (χ3v) is 7.35. The minimum atomic E-state index is 0.0725. The summed E-state index contributed by atoms with van der Waals surface area (Å²) in [4.78, 5) is 12.8. The standard InChI is InChI=1S/C22H28N4OS/c1-14-3-2-4-18(7-14)20-24-25-21(28)26(20)6-5-19(27)23-22-11-15-8-16(12-22)10-17(9-15)13-22/h2-4,7,15-17H,5-6,8-13H2,1H3,(H,23,27)(H,25,28). The molecule has 6 rings (SSSR count). The van der Waals surface area contributed by atoms with Crippen LogP contribution in [-0.2, 0) is 11.3 Å². The molecular formula is C22H28N4OS. The van der Waals surface area contributed by atoms with Crippen molar-refractivity contribution >= 4 is 18.1 Å². The van der Waals surface area contributed by atoms with E-state index in [4.69, 9.17) is 12.2 Å². The molecule has 2 aromatic rings. The number of nitrogens with zero attached hydrogens (tertiary/aromatic N) is 2. The summed E-state index contributed by atoms with van der Waals surface area (Å²) >= 11 is 5.42. The topological polar surface area (TPSA) is 62.7 Å². The first-order chi connectivity index (χ1) is 13.5. The Labute approximate surface area is 170 Å². The van der Waals surface area contributed by atoms with Crippen LogP contribution in [0.3, 0.4) is 0 Å². The summed E-state index contributed by atoms with van der Waals surface area (Å²) in [6.07, 6.45) is 8.16. The lowest BCUT2D eigenvalue weighted by atomic mass is 9.53. The summed E-state index contributed by atoms with van der Waals surface area (Å²) in [5.74, 6) is 3.46. The first kappa shape index (κ1) is 18.1. The van der Waals surface area contributed by atoms with Gasteiger partial charge in [-0.25, -0.2) is 0 Å². The van der Waals surface area contributed by atoms with Crippen molar-refractivity contribution in [2.75, 3.05) is 0 Å². The van der Waals surface area contributed by atoms with Gasteiger partial charge in [-0.3, -0.25) is 14.5 Å². The molecule has 4 aliphatic rings. The number of aryl methyl sites for hydroxylation is 1. The lowest BCUT2D eigenvalue weighted by molar-refractivity contribution is -0.127. The number of hydrogen-bond donors (Lipinski definition) is 2. The smallest absolute Gasteiger partial charge is 0.222 e. The van der Waals surface area contributed by atoms with E-state index >= 15 is 0 Å². The number of carbonyl (C=O) groups is 1. The molecule has 5 nitrogen and oxygen atoms in total. The van der Waals surface area contributed by atoms with E-state index in [0.29, 0.717) is 17.7 Å². The second-order valence-corrected chi connectivity index (χ2v) is 9.76. The molecule has 4 fully saturated rings. The minimum absolute atomic E-state index is 0.0725. The number of H-pyrrole nitrogens is 1. The van der Waals surface area contributed by atoms with Crippen LogP contribution in [0.2, 0.25) is 0 Å². The first-order valence-electron chi connectivity index (χ1n) is 10.5. The monoisotopic (exact) mass is 396 g/mol. The number of amides is 1. The highest BCUT2D eigenvalue weighted by Gasteiger charge is 2.51. The molecule has 0 saturated heterocycles. The third kappa shape index (κ3) is 3.32. The van der Waals surface area contributed by atoms with Crippen molar-refractivity contribution in [2.24, 2.45) is 17.8 Å². The second-order valence-electron chi connectivity index (χ2n) is 9.37. The Morgan fingerprint density at radius 1 is 1.25 bits per heavy atom. The summed E-state index contributed by atoms with van der Waals surface area (Å²) < 4.78 is 2.52. The van der Waals surface area contributed by atoms with Crippen LogP contribution in [0.15, 0.2) is 24.3 Å². The molecule has 1 aromatic carbocycles. The van der Waals surface area contributed by atoms with E-state index in [-0.39, 0.29) is 11.4 Å². The van der Waals surface area contributed by atoms with Crippen LogP contribution in [0.4, 0.5) is 0 Å². The van der Waals surface area contributed by atoms with Gasteiger partial charge >= 0.3 is 0 Å². The van der Waals surface area contributed by atoms with Gasteiger partial charge in [0.05, 0.1) is 0 Å². The molecule has 1 aromatic heterocycles. The van der Waals surface area contributed by atoms with Gasteiger partial charge in [-0.15, -0.1) is 0 Å². The van der Waals surface area contributed by atoms with Gasteiger partial charge < -0.3 is 5.32 Å². The Morgan fingerprint density at radius 2 is 1.93 bits per heavy atom. The van der Waals surface area contributed by atoms with E-state index < -0.39 is 0 Å². The molecule has 4 saturated carbocycles. The van der Waals surface area contributed by atoms with Gasteiger partial charge in [0.25, 0.3) is 0 Å². The predicted octanol–water partition coefficient (Wildman–Crippen LogP) is 4.39. The molecular weight excluding hydrogens is 368 g/mol. The maximum atomic E-state index is 12.8. The van der Waals surface area contributed by atoms with Crippen molar-refractivity contribution < 1.29 is 4.79 Å². The third-order valence-electron chi connectivity index (χ3n) is 7.04. The lowest BCUT2D eigenvalue weighted by Crippen LogP contribution is -2.59. The van der Waals surface area contributed by atoms with Gasteiger partial charge in [-0.2, -0.15) is 5.10 Å². The number of nitrogens with one attached hydrogen (secondary N) is 2. The average Bonchev–Trinajstić information content (AvgIpc) is 2.99. The second kappa shape index (κ2) is 6.83. The molecule has 0 aliphatic heterocycles. The van der Waals surface area contributed by atoms with E-state index in [0.717, 1.165) is 29.1 Å². The molecule has 0 spiro atoms. The van der Waals surface area contributed by atoms with Crippen LogP contribution in [0.25, 0.3) is 11.4 Å². The van der Waals surface area contributed by atoms with E-state index in [1.165, 1.54) is 44.1 Å². The Bertz CT molecular complexity index is 924. The van der Waals surface area contributed by atoms with Crippen molar-refractivity contribution in [3.8, 4) is 11.4 Å². The Hall–Kier alpha value is -1.95. The van der Waals surface area contributed by atoms with Crippen LogP contribution >= 0.6 is 12.2 Å². The van der Waals surface area contributed by atoms with Crippen LogP contribution in [0.5, 0.6) is 0 Å². The summed E-state index contributed by atoms with van der Waals surface area (Å²) in [6, 6.07) is 8.21. The molecule has 28 heavy (non-hydrogen) atoms. The van der Waals surface area contributed by atoms with Crippen molar-refractivity contribution in [3.63, 3.8) is 0 Å². The highest BCUT2D eigenvalue weighted by atomic mass is 32.1.